The van der Waals surface area contributed by atoms with Crippen LogP contribution in [0.25, 0.3) is 11.3 Å². The molecule has 0 radical (unpaired) electrons. The van der Waals surface area contributed by atoms with Crippen LogP contribution < -0.4 is 10.1 Å². The Morgan fingerprint density at radius 1 is 1.13 bits per heavy atom. The summed E-state index contributed by atoms with van der Waals surface area (Å²) in [6.07, 6.45) is -1.08. The van der Waals surface area contributed by atoms with Gasteiger partial charge in [-0.05, 0) is 31.0 Å². The fourth-order valence-electron chi connectivity index (χ4n) is 3.93. The van der Waals surface area contributed by atoms with Gasteiger partial charge in [0.05, 0.1) is 24.0 Å². The van der Waals surface area contributed by atoms with Gasteiger partial charge in [0.25, 0.3) is 5.91 Å². The van der Waals surface area contributed by atoms with Crippen molar-refractivity contribution in [3.05, 3.63) is 47.5 Å². The number of aryl methyl sites for hydroxylation is 2. The maximum Gasteiger partial charge on any atom is 0.433 e. The summed E-state index contributed by atoms with van der Waals surface area (Å²) in [5.74, 6) is 0.250. The average Bonchev–Trinajstić information content (AvgIpc) is 3.38. The molecule has 0 saturated heterocycles. The van der Waals surface area contributed by atoms with E-state index in [4.69, 9.17) is 4.74 Å². The smallest absolute Gasteiger partial charge is 0.433 e. The quantitative estimate of drug-likeness (QED) is 0.687. The first-order valence-electron chi connectivity index (χ1n) is 10.0. The predicted molar refractivity (Wildman–Crippen MR) is 102 cm³/mol. The number of pyridine rings is 1. The molecule has 162 valence electrons. The summed E-state index contributed by atoms with van der Waals surface area (Å²) in [6.45, 7) is 1.93. The van der Waals surface area contributed by atoms with Crippen molar-refractivity contribution in [2.45, 2.75) is 44.6 Å². The molecule has 5 rings (SSSR count). The fraction of sp³-hybridized carbons (Fsp3) is 0.400. The lowest BCUT2D eigenvalue weighted by atomic mass is 10.0. The number of rotatable bonds is 3. The number of alkyl halides is 3. The Kier molecular flexibility index (Phi) is 4.67. The number of fused-ring (bicyclic) bond motifs is 2. The van der Waals surface area contributed by atoms with Crippen LogP contribution in [0.2, 0.25) is 0 Å². The molecule has 0 unspecified atom stereocenters. The second-order valence-electron chi connectivity index (χ2n) is 7.57. The molecule has 0 saturated carbocycles. The maximum atomic E-state index is 13.0. The molecule has 0 fully saturated rings. The Morgan fingerprint density at radius 3 is 2.77 bits per heavy atom. The van der Waals surface area contributed by atoms with Gasteiger partial charge in [0, 0.05) is 37.3 Å². The monoisotopic (exact) mass is 432 g/mol. The standard InChI is InChI=1S/C20H19F3N6O2/c21-20(22,23)17-9-12(4-5-24-17)14-10-16-13(3-1-6-28(16)26-14)25-19(30)15-11-18-29(27-15)7-2-8-31-18/h4-5,9-11,13H,1-3,6-8H2,(H,25,30)/t13-/m0/s1. The number of hydrogen-bond donors (Lipinski definition) is 1. The first-order valence-corrected chi connectivity index (χ1v) is 10.0. The predicted octanol–water partition coefficient (Wildman–Crippen LogP) is 3.21. The van der Waals surface area contributed by atoms with Gasteiger partial charge in [-0.25, -0.2) is 4.68 Å². The van der Waals surface area contributed by atoms with Crippen molar-refractivity contribution >= 4 is 5.91 Å². The van der Waals surface area contributed by atoms with Crippen LogP contribution in [0, 0.1) is 0 Å². The first kappa shape index (κ1) is 19.6. The lowest BCUT2D eigenvalue weighted by molar-refractivity contribution is -0.141. The summed E-state index contributed by atoms with van der Waals surface area (Å²) in [5.41, 5.74) is 0.799. The highest BCUT2D eigenvalue weighted by Crippen LogP contribution is 2.33. The zero-order valence-corrected chi connectivity index (χ0v) is 16.4. The largest absolute Gasteiger partial charge is 0.478 e. The van der Waals surface area contributed by atoms with E-state index in [-0.39, 0.29) is 17.6 Å². The molecule has 2 aliphatic rings. The number of carbonyl (C=O) groups excluding carboxylic acids is 1. The van der Waals surface area contributed by atoms with Gasteiger partial charge >= 0.3 is 6.18 Å². The molecular weight excluding hydrogens is 413 g/mol. The summed E-state index contributed by atoms with van der Waals surface area (Å²) >= 11 is 0. The highest BCUT2D eigenvalue weighted by atomic mass is 19.4. The summed E-state index contributed by atoms with van der Waals surface area (Å²) in [4.78, 5) is 16.2. The SMILES string of the molecule is O=C(N[C@H]1CCCn2nc(-c3ccnc(C(F)(F)F)c3)cc21)c1cc2n(n1)CCCO2. The first-order chi connectivity index (χ1) is 14.9. The zero-order valence-electron chi connectivity index (χ0n) is 16.4. The second kappa shape index (κ2) is 7.40. The topological polar surface area (TPSA) is 86.9 Å². The van der Waals surface area contributed by atoms with Gasteiger partial charge in [-0.3, -0.25) is 14.5 Å². The third kappa shape index (κ3) is 3.75. The van der Waals surface area contributed by atoms with Crippen LogP contribution >= 0.6 is 0 Å². The minimum Gasteiger partial charge on any atom is -0.478 e. The van der Waals surface area contributed by atoms with E-state index in [0.717, 1.165) is 30.8 Å². The molecule has 2 aliphatic heterocycles. The van der Waals surface area contributed by atoms with Crippen LogP contribution in [0.4, 0.5) is 13.2 Å². The van der Waals surface area contributed by atoms with Crippen molar-refractivity contribution in [3.63, 3.8) is 0 Å². The molecule has 1 amide bonds. The van der Waals surface area contributed by atoms with Crippen molar-refractivity contribution in [1.29, 1.82) is 0 Å². The molecular formula is C20H19F3N6O2. The van der Waals surface area contributed by atoms with Crippen LogP contribution in [-0.4, -0.2) is 37.1 Å². The van der Waals surface area contributed by atoms with E-state index in [2.05, 4.69) is 20.5 Å². The Bertz CT molecular complexity index is 1110. The summed E-state index contributed by atoms with van der Waals surface area (Å²) in [5, 5.41) is 11.7. The second-order valence-corrected chi connectivity index (χ2v) is 7.57. The van der Waals surface area contributed by atoms with E-state index in [0.29, 0.717) is 43.3 Å². The van der Waals surface area contributed by atoms with E-state index in [1.807, 2.05) is 0 Å². The number of ether oxygens (including phenoxy) is 1. The average molecular weight is 432 g/mol. The summed E-state index contributed by atoms with van der Waals surface area (Å²) < 4.78 is 47.9. The van der Waals surface area contributed by atoms with Crippen LogP contribution in [0.5, 0.6) is 5.88 Å². The van der Waals surface area contributed by atoms with Crippen LogP contribution in [-0.2, 0) is 19.3 Å². The van der Waals surface area contributed by atoms with Crippen LogP contribution in [0.3, 0.4) is 0 Å². The van der Waals surface area contributed by atoms with Gasteiger partial charge in [0.15, 0.2) is 5.69 Å². The summed E-state index contributed by atoms with van der Waals surface area (Å²) in [6, 6.07) is 5.51. The van der Waals surface area contributed by atoms with Gasteiger partial charge < -0.3 is 10.1 Å². The highest BCUT2D eigenvalue weighted by Gasteiger charge is 2.33. The molecule has 1 N–H and O–H groups in total. The number of nitrogens with one attached hydrogen (secondary N) is 1. The number of aromatic nitrogens is 5. The lowest BCUT2D eigenvalue weighted by Crippen LogP contribution is -2.33. The Balaban J connectivity index is 1.39. The third-order valence-corrected chi connectivity index (χ3v) is 5.42. The van der Waals surface area contributed by atoms with E-state index < -0.39 is 11.9 Å². The van der Waals surface area contributed by atoms with Crippen molar-refractivity contribution < 1.29 is 22.7 Å². The third-order valence-electron chi connectivity index (χ3n) is 5.42. The number of amides is 1. The number of carbonyl (C=O) groups is 1. The highest BCUT2D eigenvalue weighted by molar-refractivity contribution is 5.92. The molecule has 31 heavy (non-hydrogen) atoms. The maximum absolute atomic E-state index is 13.0. The van der Waals surface area contributed by atoms with Gasteiger partial charge in [-0.1, -0.05) is 0 Å². The van der Waals surface area contributed by atoms with Gasteiger partial charge in [-0.15, -0.1) is 0 Å². The summed E-state index contributed by atoms with van der Waals surface area (Å²) in [7, 11) is 0. The molecule has 0 bridgehead atoms. The van der Waals surface area contributed by atoms with Crippen LogP contribution in [0.15, 0.2) is 30.5 Å². The Labute approximate surface area is 175 Å². The zero-order chi connectivity index (χ0) is 21.6. The Morgan fingerprint density at radius 2 is 1.97 bits per heavy atom. The molecule has 3 aromatic heterocycles. The lowest BCUT2D eigenvalue weighted by Gasteiger charge is -2.24. The molecule has 0 aliphatic carbocycles. The van der Waals surface area contributed by atoms with Crippen LogP contribution in [0.1, 0.15) is 47.2 Å². The number of halogens is 3. The minimum absolute atomic E-state index is 0.276. The van der Waals surface area contributed by atoms with Crippen molar-refractivity contribution in [2.24, 2.45) is 0 Å². The van der Waals surface area contributed by atoms with Gasteiger partial charge in [-0.2, -0.15) is 23.4 Å². The number of hydrogen-bond acceptors (Lipinski definition) is 5. The normalized spacial score (nSPS) is 18.1. The van der Waals surface area contributed by atoms with Crippen molar-refractivity contribution in [2.75, 3.05) is 6.61 Å². The molecule has 5 heterocycles. The minimum atomic E-state index is -4.53. The van der Waals surface area contributed by atoms with E-state index in [9.17, 15) is 18.0 Å². The van der Waals surface area contributed by atoms with Crippen molar-refractivity contribution in [3.8, 4) is 17.1 Å². The molecule has 1 atom stereocenters. The van der Waals surface area contributed by atoms with Crippen molar-refractivity contribution in [1.82, 2.24) is 29.9 Å². The molecule has 8 nitrogen and oxygen atoms in total. The van der Waals surface area contributed by atoms with Gasteiger partial charge in [0.1, 0.15) is 5.69 Å². The van der Waals surface area contributed by atoms with E-state index in [1.165, 1.54) is 6.07 Å². The van der Waals surface area contributed by atoms with Gasteiger partial charge in [0.2, 0.25) is 5.88 Å². The molecule has 11 heteroatoms. The molecule has 3 aromatic rings. The van der Waals surface area contributed by atoms with E-state index in [1.54, 1.807) is 21.5 Å². The fourth-order valence-corrected chi connectivity index (χ4v) is 3.93. The van der Waals surface area contributed by atoms with E-state index >= 15 is 0 Å². The molecule has 0 spiro atoms. The molecule has 0 aromatic carbocycles. The number of nitrogens with zero attached hydrogens (tertiary/aromatic N) is 5. The Hall–Kier alpha value is -3.37.